The Balaban J connectivity index is 1.21. The summed E-state index contributed by atoms with van der Waals surface area (Å²) in [6, 6.07) is 54.5. The molecule has 0 amide bonds. The van der Waals surface area contributed by atoms with Gasteiger partial charge in [-0.15, -0.1) is 0 Å². The molecule has 0 aliphatic rings. The fraction of sp³-hybridized carbons (Fsp3) is 0. The molecular weight excluding hydrogens is 689 g/mol. The van der Waals surface area contributed by atoms with E-state index in [0.29, 0.717) is 0 Å². The molecule has 266 valence electrons. The standard InChI is InChI=1S/C48H34N8/c1-5-13-41(14-6-1)53-25-21-49-45(53)37-29-35(30-38(33-37)46-50-22-26-54(46)42-15-7-2-8-16-42)36-31-39(47-51-23-27-55(47)43-17-9-3-10-18-43)34-40(32-36)48-52-24-28-56(48)44-19-11-4-12-20-44/h1-34H. The van der Waals surface area contributed by atoms with Crippen LogP contribution in [0.3, 0.4) is 0 Å². The predicted molar refractivity (Wildman–Crippen MR) is 222 cm³/mol. The lowest BCUT2D eigenvalue weighted by molar-refractivity contribution is 1.06. The number of hydrogen-bond donors (Lipinski definition) is 0. The molecule has 0 fully saturated rings. The molecule has 0 spiro atoms. The summed E-state index contributed by atoms with van der Waals surface area (Å²) in [6.45, 7) is 0. The topological polar surface area (TPSA) is 71.3 Å². The van der Waals surface area contributed by atoms with Crippen LogP contribution in [0.15, 0.2) is 207 Å². The van der Waals surface area contributed by atoms with Gasteiger partial charge < -0.3 is 0 Å². The molecule has 0 N–H and O–H groups in total. The first kappa shape index (κ1) is 32.8. The van der Waals surface area contributed by atoms with Crippen molar-refractivity contribution in [2.24, 2.45) is 0 Å². The van der Waals surface area contributed by atoms with Gasteiger partial charge in [0, 0.05) is 94.6 Å². The van der Waals surface area contributed by atoms with E-state index in [-0.39, 0.29) is 0 Å². The largest absolute Gasteiger partial charge is 0.300 e. The SMILES string of the molecule is c1ccc(-n2ccnc2-c2cc(-c3cc(-c4nccn4-c4ccccc4)cc(-c4nccn4-c4ccccc4)c3)cc(-c3nccn3-c3ccccc3)c2)cc1. The highest BCUT2D eigenvalue weighted by atomic mass is 15.1. The maximum atomic E-state index is 4.92. The van der Waals surface area contributed by atoms with Gasteiger partial charge in [-0.25, -0.2) is 19.9 Å². The molecule has 0 aliphatic heterocycles. The molecule has 10 aromatic rings. The summed E-state index contributed by atoms with van der Waals surface area (Å²) in [5, 5.41) is 0. The number of nitrogens with zero attached hydrogens (tertiary/aromatic N) is 8. The van der Waals surface area contributed by atoms with Gasteiger partial charge in [-0.05, 0) is 96.1 Å². The van der Waals surface area contributed by atoms with E-state index in [9.17, 15) is 0 Å². The zero-order valence-electron chi connectivity index (χ0n) is 30.2. The Morgan fingerprint density at radius 1 is 0.250 bits per heavy atom. The Morgan fingerprint density at radius 2 is 0.464 bits per heavy atom. The van der Waals surface area contributed by atoms with Crippen LogP contribution >= 0.6 is 0 Å². The van der Waals surface area contributed by atoms with Crippen LogP contribution < -0.4 is 0 Å². The van der Waals surface area contributed by atoms with Crippen molar-refractivity contribution in [2.75, 3.05) is 0 Å². The quantitative estimate of drug-likeness (QED) is 0.149. The number of aromatic nitrogens is 8. The highest BCUT2D eigenvalue weighted by Gasteiger charge is 2.19. The Labute approximate surface area is 324 Å². The lowest BCUT2D eigenvalue weighted by Crippen LogP contribution is -2.00. The van der Waals surface area contributed by atoms with Crippen LogP contribution in [0.1, 0.15) is 0 Å². The van der Waals surface area contributed by atoms with Crippen molar-refractivity contribution in [1.82, 2.24) is 38.2 Å². The van der Waals surface area contributed by atoms with Gasteiger partial charge in [-0.3, -0.25) is 18.3 Å². The molecule has 0 bridgehead atoms. The summed E-state index contributed by atoms with van der Waals surface area (Å²) < 4.78 is 8.51. The molecule has 0 radical (unpaired) electrons. The molecule has 10 rings (SSSR count). The molecule has 0 atom stereocenters. The molecule has 8 heteroatoms. The molecule has 0 aliphatic carbocycles. The van der Waals surface area contributed by atoms with Crippen molar-refractivity contribution in [3.05, 3.63) is 207 Å². The third kappa shape index (κ3) is 6.11. The number of hydrogen-bond acceptors (Lipinski definition) is 4. The van der Waals surface area contributed by atoms with E-state index >= 15 is 0 Å². The Hall–Kier alpha value is -7.84. The van der Waals surface area contributed by atoms with Gasteiger partial charge in [0.1, 0.15) is 23.3 Å². The number of para-hydroxylation sites is 4. The summed E-state index contributed by atoms with van der Waals surface area (Å²) in [6.07, 6.45) is 15.4. The van der Waals surface area contributed by atoms with E-state index in [2.05, 4.69) is 103 Å². The first-order valence-electron chi connectivity index (χ1n) is 18.4. The van der Waals surface area contributed by atoms with Gasteiger partial charge in [-0.1, -0.05) is 72.8 Å². The zero-order chi connectivity index (χ0) is 37.3. The van der Waals surface area contributed by atoms with Crippen molar-refractivity contribution in [3.63, 3.8) is 0 Å². The Morgan fingerprint density at radius 3 is 0.696 bits per heavy atom. The second-order valence-electron chi connectivity index (χ2n) is 13.4. The Kier molecular flexibility index (Phi) is 8.31. The fourth-order valence-electron chi connectivity index (χ4n) is 7.36. The summed E-state index contributed by atoms with van der Waals surface area (Å²) in [7, 11) is 0. The smallest absolute Gasteiger partial charge is 0.144 e. The normalized spacial score (nSPS) is 11.2. The summed E-state index contributed by atoms with van der Waals surface area (Å²) in [5.74, 6) is 3.31. The molecule has 8 nitrogen and oxygen atoms in total. The molecular formula is C48H34N8. The third-order valence-corrected chi connectivity index (χ3v) is 9.93. The predicted octanol–water partition coefficient (Wildman–Crippen LogP) is 10.8. The fourth-order valence-corrected chi connectivity index (χ4v) is 7.36. The van der Waals surface area contributed by atoms with E-state index < -0.39 is 0 Å². The van der Waals surface area contributed by atoms with Gasteiger partial charge >= 0.3 is 0 Å². The molecule has 4 heterocycles. The highest BCUT2D eigenvalue weighted by Crippen LogP contribution is 2.38. The van der Waals surface area contributed by atoms with Gasteiger partial charge in [-0.2, -0.15) is 0 Å². The van der Waals surface area contributed by atoms with Crippen molar-refractivity contribution in [2.45, 2.75) is 0 Å². The van der Waals surface area contributed by atoms with Crippen LogP contribution in [0, 0.1) is 0 Å². The number of rotatable bonds is 9. The van der Waals surface area contributed by atoms with Crippen LogP contribution in [0.25, 0.3) is 79.4 Å². The lowest BCUT2D eigenvalue weighted by Gasteiger charge is -2.16. The zero-order valence-corrected chi connectivity index (χ0v) is 30.2. The molecule has 4 aromatic heterocycles. The molecule has 6 aromatic carbocycles. The number of imidazole rings is 4. The van der Waals surface area contributed by atoms with Crippen molar-refractivity contribution in [3.8, 4) is 79.4 Å². The monoisotopic (exact) mass is 722 g/mol. The minimum Gasteiger partial charge on any atom is -0.300 e. The summed E-state index contributed by atoms with van der Waals surface area (Å²) in [4.78, 5) is 19.7. The average molecular weight is 723 g/mol. The van der Waals surface area contributed by atoms with E-state index in [0.717, 1.165) is 79.4 Å². The van der Waals surface area contributed by atoms with Crippen molar-refractivity contribution < 1.29 is 0 Å². The summed E-state index contributed by atoms with van der Waals surface area (Å²) in [5.41, 5.74) is 9.95. The highest BCUT2D eigenvalue weighted by molar-refractivity contribution is 5.84. The van der Waals surface area contributed by atoms with Crippen molar-refractivity contribution in [1.29, 1.82) is 0 Å². The maximum Gasteiger partial charge on any atom is 0.144 e. The van der Waals surface area contributed by atoms with Gasteiger partial charge in [0.2, 0.25) is 0 Å². The van der Waals surface area contributed by atoms with Gasteiger partial charge in [0.25, 0.3) is 0 Å². The van der Waals surface area contributed by atoms with Crippen LogP contribution in [0.2, 0.25) is 0 Å². The second kappa shape index (κ2) is 14.2. The average Bonchev–Trinajstić information content (AvgIpc) is 4.12. The minimum absolute atomic E-state index is 0.827. The van der Waals surface area contributed by atoms with Crippen molar-refractivity contribution >= 4 is 0 Å². The van der Waals surface area contributed by atoms with E-state index in [4.69, 9.17) is 19.9 Å². The first-order chi connectivity index (χ1) is 27.8. The maximum absolute atomic E-state index is 4.92. The summed E-state index contributed by atoms with van der Waals surface area (Å²) >= 11 is 0. The first-order valence-corrected chi connectivity index (χ1v) is 18.4. The van der Waals surface area contributed by atoms with E-state index in [1.165, 1.54) is 0 Å². The second-order valence-corrected chi connectivity index (χ2v) is 13.4. The van der Waals surface area contributed by atoms with Crippen LogP contribution in [0.5, 0.6) is 0 Å². The molecule has 0 saturated carbocycles. The van der Waals surface area contributed by atoms with Gasteiger partial charge in [0.15, 0.2) is 0 Å². The lowest BCUT2D eigenvalue weighted by atomic mass is 9.95. The van der Waals surface area contributed by atoms with Crippen LogP contribution in [0.4, 0.5) is 0 Å². The number of benzene rings is 6. The molecule has 0 saturated heterocycles. The Bertz CT molecular complexity index is 2510. The molecule has 0 unspecified atom stereocenters. The van der Waals surface area contributed by atoms with Crippen LogP contribution in [-0.4, -0.2) is 38.2 Å². The minimum atomic E-state index is 0.827. The van der Waals surface area contributed by atoms with Crippen LogP contribution in [-0.2, 0) is 0 Å². The van der Waals surface area contributed by atoms with Gasteiger partial charge in [0.05, 0.1) is 0 Å². The molecule has 56 heavy (non-hydrogen) atoms. The van der Waals surface area contributed by atoms with E-state index in [1.807, 2.05) is 122 Å². The third-order valence-electron chi connectivity index (χ3n) is 9.93. The van der Waals surface area contributed by atoms with E-state index in [1.54, 1.807) is 0 Å².